The van der Waals surface area contributed by atoms with Gasteiger partial charge >= 0.3 is 0 Å². The molecule has 2 aliphatic rings. The molecule has 2 fully saturated rings. The highest BCUT2D eigenvalue weighted by Gasteiger charge is 2.40. The molecule has 1 heteroatoms. The zero-order valence-corrected chi connectivity index (χ0v) is 14.9. The normalized spacial score (nSPS) is 23.8. The number of rotatable bonds is 5. The second-order valence-electron chi connectivity index (χ2n) is 7.73. The highest BCUT2D eigenvalue weighted by Crippen LogP contribution is 2.51. The van der Waals surface area contributed by atoms with E-state index in [0.717, 1.165) is 11.8 Å². The van der Waals surface area contributed by atoms with Gasteiger partial charge in [-0.15, -0.1) is 0 Å². The topological polar surface area (TPSA) is 0 Å². The SMILES string of the molecule is CP(C)C=CCC(C)(C1CCCCC1)C1CCCCC1. The van der Waals surface area contributed by atoms with Crippen LogP contribution in [0.5, 0.6) is 0 Å². The van der Waals surface area contributed by atoms with Crippen molar-refractivity contribution in [1.29, 1.82) is 0 Å². The molecule has 0 spiro atoms. The lowest BCUT2D eigenvalue weighted by Crippen LogP contribution is -2.37. The molecule has 2 rings (SSSR count). The van der Waals surface area contributed by atoms with Crippen LogP contribution in [0.4, 0.5) is 0 Å². The number of allylic oxidation sites excluding steroid dienone is 1. The van der Waals surface area contributed by atoms with Gasteiger partial charge < -0.3 is 0 Å². The Morgan fingerprint density at radius 3 is 1.70 bits per heavy atom. The predicted molar refractivity (Wildman–Crippen MR) is 93.8 cm³/mol. The standard InChI is InChI=1S/C19H35P/c1-19(15-10-16-20(2)3,17-11-6-4-7-12-17)18-13-8-5-9-14-18/h10,16-18H,4-9,11-15H2,1-3H3. The summed E-state index contributed by atoms with van der Waals surface area (Å²) >= 11 is 0. The Kier molecular flexibility index (Phi) is 6.60. The number of hydrogen-bond acceptors (Lipinski definition) is 0. The first-order valence-corrected chi connectivity index (χ1v) is 11.3. The van der Waals surface area contributed by atoms with Gasteiger partial charge in [0.15, 0.2) is 0 Å². The fourth-order valence-corrected chi connectivity index (χ4v) is 5.24. The second-order valence-corrected chi connectivity index (χ2v) is 9.95. The van der Waals surface area contributed by atoms with Gasteiger partial charge in [0, 0.05) is 0 Å². The highest BCUT2D eigenvalue weighted by molar-refractivity contribution is 7.59. The van der Waals surface area contributed by atoms with E-state index in [-0.39, 0.29) is 7.92 Å². The summed E-state index contributed by atoms with van der Waals surface area (Å²) in [6.45, 7) is 7.38. The molecule has 0 bridgehead atoms. The molecule has 0 amide bonds. The molecule has 0 atom stereocenters. The van der Waals surface area contributed by atoms with E-state index in [4.69, 9.17) is 0 Å². The average Bonchev–Trinajstić information content (AvgIpc) is 2.48. The fraction of sp³-hybridized carbons (Fsp3) is 0.895. The first-order chi connectivity index (χ1) is 9.63. The maximum absolute atomic E-state index is 2.65. The second kappa shape index (κ2) is 7.98. The van der Waals surface area contributed by atoms with Crippen molar-refractivity contribution in [1.82, 2.24) is 0 Å². The fourth-order valence-electron chi connectivity index (χ4n) is 4.71. The Labute approximate surface area is 128 Å². The van der Waals surface area contributed by atoms with Crippen LogP contribution in [0.2, 0.25) is 0 Å². The highest BCUT2D eigenvalue weighted by atomic mass is 31.1. The lowest BCUT2D eigenvalue weighted by Gasteiger charge is -2.47. The molecule has 0 aromatic carbocycles. The quantitative estimate of drug-likeness (QED) is 0.489. The smallest absolute Gasteiger partial charge is 0.0235 e. The van der Waals surface area contributed by atoms with E-state index in [0.29, 0.717) is 5.41 Å². The lowest BCUT2D eigenvalue weighted by atomic mass is 9.58. The molecule has 0 aliphatic heterocycles. The third-order valence-corrected chi connectivity index (χ3v) is 6.84. The molecule has 0 aromatic rings. The Balaban J connectivity index is 2.07. The summed E-state index contributed by atoms with van der Waals surface area (Å²) in [6, 6.07) is 0. The summed E-state index contributed by atoms with van der Waals surface area (Å²) in [7, 11) is 0.131. The van der Waals surface area contributed by atoms with Crippen molar-refractivity contribution < 1.29 is 0 Å². The molecule has 0 N–H and O–H groups in total. The van der Waals surface area contributed by atoms with Crippen LogP contribution in [0.15, 0.2) is 11.9 Å². The van der Waals surface area contributed by atoms with Gasteiger partial charge in [-0.1, -0.05) is 65.3 Å². The minimum Gasteiger partial charge on any atom is -0.0900 e. The van der Waals surface area contributed by atoms with Crippen molar-refractivity contribution in [2.24, 2.45) is 17.3 Å². The van der Waals surface area contributed by atoms with Crippen molar-refractivity contribution in [3.05, 3.63) is 11.9 Å². The predicted octanol–water partition coefficient (Wildman–Crippen LogP) is 6.80. The van der Waals surface area contributed by atoms with Crippen LogP contribution in [0.1, 0.15) is 77.6 Å². The number of hydrogen-bond donors (Lipinski definition) is 0. The van der Waals surface area contributed by atoms with Crippen LogP contribution in [0.3, 0.4) is 0 Å². The van der Waals surface area contributed by atoms with Crippen molar-refractivity contribution >= 4 is 7.92 Å². The Morgan fingerprint density at radius 2 is 1.30 bits per heavy atom. The van der Waals surface area contributed by atoms with E-state index in [2.05, 4.69) is 32.1 Å². The molecule has 0 radical (unpaired) electrons. The van der Waals surface area contributed by atoms with Crippen molar-refractivity contribution in [2.75, 3.05) is 13.3 Å². The van der Waals surface area contributed by atoms with Crippen LogP contribution in [-0.2, 0) is 0 Å². The molecule has 2 aliphatic carbocycles. The van der Waals surface area contributed by atoms with E-state index < -0.39 is 0 Å². The van der Waals surface area contributed by atoms with Gasteiger partial charge in [0.05, 0.1) is 0 Å². The van der Waals surface area contributed by atoms with E-state index >= 15 is 0 Å². The Bertz CT molecular complexity index is 275. The maximum atomic E-state index is 2.65. The van der Waals surface area contributed by atoms with E-state index in [9.17, 15) is 0 Å². The first-order valence-electron chi connectivity index (χ1n) is 8.96. The van der Waals surface area contributed by atoms with Gasteiger partial charge in [0.25, 0.3) is 0 Å². The van der Waals surface area contributed by atoms with Gasteiger partial charge in [0.2, 0.25) is 0 Å². The Hall–Kier alpha value is 0.170. The van der Waals surface area contributed by atoms with Crippen LogP contribution in [0, 0.1) is 17.3 Å². The van der Waals surface area contributed by atoms with Crippen LogP contribution in [0.25, 0.3) is 0 Å². The van der Waals surface area contributed by atoms with Gasteiger partial charge in [-0.3, -0.25) is 0 Å². The summed E-state index contributed by atoms with van der Waals surface area (Å²) in [5.41, 5.74) is 0.600. The summed E-state index contributed by atoms with van der Waals surface area (Å²) in [5, 5.41) is 0. The van der Waals surface area contributed by atoms with Crippen molar-refractivity contribution in [2.45, 2.75) is 77.6 Å². The van der Waals surface area contributed by atoms with Crippen molar-refractivity contribution in [3.8, 4) is 0 Å². The van der Waals surface area contributed by atoms with Crippen molar-refractivity contribution in [3.63, 3.8) is 0 Å². The molecule has 0 aromatic heterocycles. The summed E-state index contributed by atoms with van der Waals surface area (Å²) in [5.74, 6) is 4.51. The zero-order valence-electron chi connectivity index (χ0n) is 14.0. The van der Waals surface area contributed by atoms with Gasteiger partial charge in [-0.2, -0.15) is 0 Å². The largest absolute Gasteiger partial charge is 0.0900 e. The molecule has 0 unspecified atom stereocenters. The maximum Gasteiger partial charge on any atom is -0.0235 e. The zero-order chi connectivity index (χ0) is 14.4. The average molecular weight is 294 g/mol. The van der Waals surface area contributed by atoms with Gasteiger partial charge in [-0.05, 0) is 62.7 Å². The Morgan fingerprint density at radius 1 is 0.850 bits per heavy atom. The molecule has 0 saturated heterocycles. The molecule has 0 heterocycles. The monoisotopic (exact) mass is 294 g/mol. The van der Waals surface area contributed by atoms with E-state index in [1.165, 1.54) is 70.6 Å². The van der Waals surface area contributed by atoms with Gasteiger partial charge in [0.1, 0.15) is 0 Å². The molecule has 2 saturated carbocycles. The first kappa shape index (κ1) is 16.5. The third-order valence-electron chi connectivity index (χ3n) is 6.04. The summed E-state index contributed by atoms with van der Waals surface area (Å²) in [6.07, 6.45) is 18.9. The molecular formula is C19H35P. The molecule has 0 nitrogen and oxygen atoms in total. The van der Waals surface area contributed by atoms with E-state index in [1.54, 1.807) is 0 Å². The molecular weight excluding hydrogens is 259 g/mol. The van der Waals surface area contributed by atoms with Crippen LogP contribution < -0.4 is 0 Å². The third kappa shape index (κ3) is 4.33. The van der Waals surface area contributed by atoms with Crippen LogP contribution >= 0.6 is 7.92 Å². The van der Waals surface area contributed by atoms with Gasteiger partial charge in [-0.25, -0.2) is 0 Å². The van der Waals surface area contributed by atoms with Crippen LogP contribution in [-0.4, -0.2) is 13.3 Å². The molecule has 20 heavy (non-hydrogen) atoms. The summed E-state index contributed by atoms with van der Waals surface area (Å²) < 4.78 is 0. The van der Waals surface area contributed by atoms with E-state index in [1.807, 2.05) is 0 Å². The lowest BCUT2D eigenvalue weighted by molar-refractivity contribution is 0.0428. The minimum atomic E-state index is 0.131. The molecule has 116 valence electrons. The minimum absolute atomic E-state index is 0.131. The summed E-state index contributed by atoms with van der Waals surface area (Å²) in [4.78, 5) is 0.